The van der Waals surface area contributed by atoms with Crippen molar-refractivity contribution in [2.75, 3.05) is 17.3 Å². The Labute approximate surface area is 92.8 Å². The first-order chi connectivity index (χ1) is 7.70. The lowest BCUT2D eigenvalue weighted by molar-refractivity contribution is 0.687. The van der Waals surface area contributed by atoms with Gasteiger partial charge in [0.1, 0.15) is 5.82 Å². The summed E-state index contributed by atoms with van der Waals surface area (Å²) in [6, 6.07) is 0. The first-order valence-electron chi connectivity index (χ1n) is 5.12. The van der Waals surface area contributed by atoms with Crippen LogP contribution < -0.4 is 16.6 Å². The van der Waals surface area contributed by atoms with Crippen LogP contribution in [0.3, 0.4) is 0 Å². The van der Waals surface area contributed by atoms with Crippen molar-refractivity contribution in [2.24, 2.45) is 11.8 Å². The van der Waals surface area contributed by atoms with Gasteiger partial charge in [0.05, 0.1) is 11.6 Å². The normalized spacial score (nSPS) is 11.0. The minimum atomic E-state index is 0.364. The summed E-state index contributed by atoms with van der Waals surface area (Å²) in [6.45, 7) is 5.09. The largest absolute Gasteiger partial charge is 0.369 e. The van der Waals surface area contributed by atoms with Crippen LogP contribution in [-0.4, -0.2) is 26.7 Å². The predicted molar refractivity (Wildman–Crippen MR) is 62.8 cm³/mol. The second-order valence-electron chi connectivity index (χ2n) is 3.95. The maximum absolute atomic E-state index is 5.30. The minimum absolute atomic E-state index is 0.364. The molecule has 0 radical (unpaired) electrons. The number of fused-ring (bicyclic) bond motifs is 1. The first-order valence-corrected chi connectivity index (χ1v) is 5.12. The standard InChI is InChI=1S/C9H15N7/c1-5(2)3-11-7-6-4-12-16-8(6)14-9(13-7)15-10/h4-5H,3,10H2,1-2H3,(H3,11,12,13,14,15,16). The highest BCUT2D eigenvalue weighted by atomic mass is 15.3. The molecule has 7 heteroatoms. The van der Waals surface area contributed by atoms with Crippen LogP contribution in [0.1, 0.15) is 13.8 Å². The zero-order valence-electron chi connectivity index (χ0n) is 9.28. The van der Waals surface area contributed by atoms with E-state index in [2.05, 4.69) is 44.8 Å². The Kier molecular flexibility index (Phi) is 2.86. The van der Waals surface area contributed by atoms with Gasteiger partial charge in [0.25, 0.3) is 0 Å². The Morgan fingerprint density at radius 3 is 2.94 bits per heavy atom. The monoisotopic (exact) mass is 221 g/mol. The Hall–Kier alpha value is -1.89. The van der Waals surface area contributed by atoms with Crippen LogP contribution in [0.15, 0.2) is 6.20 Å². The van der Waals surface area contributed by atoms with Gasteiger partial charge in [-0.2, -0.15) is 15.1 Å². The molecule has 0 aromatic carbocycles. The fourth-order valence-corrected chi connectivity index (χ4v) is 1.33. The topological polar surface area (TPSA) is 105 Å². The molecule has 2 rings (SSSR count). The van der Waals surface area contributed by atoms with Gasteiger partial charge in [0.15, 0.2) is 5.65 Å². The number of hydrogen-bond acceptors (Lipinski definition) is 6. The van der Waals surface area contributed by atoms with Gasteiger partial charge in [0, 0.05) is 6.54 Å². The van der Waals surface area contributed by atoms with Gasteiger partial charge in [-0.1, -0.05) is 13.8 Å². The van der Waals surface area contributed by atoms with Crippen molar-refractivity contribution in [3.63, 3.8) is 0 Å². The summed E-state index contributed by atoms with van der Waals surface area (Å²) in [6.07, 6.45) is 1.69. The van der Waals surface area contributed by atoms with Gasteiger partial charge in [-0.05, 0) is 5.92 Å². The number of anilines is 2. The Bertz CT molecular complexity index is 476. The van der Waals surface area contributed by atoms with Crippen LogP contribution in [0.25, 0.3) is 11.0 Å². The van der Waals surface area contributed by atoms with Gasteiger partial charge in [-0.3, -0.25) is 10.5 Å². The Balaban J connectivity index is 2.36. The van der Waals surface area contributed by atoms with Crippen molar-refractivity contribution in [2.45, 2.75) is 13.8 Å². The minimum Gasteiger partial charge on any atom is -0.369 e. The van der Waals surface area contributed by atoms with E-state index in [1.807, 2.05) is 0 Å². The number of hydrogen-bond donors (Lipinski definition) is 4. The number of hydrazine groups is 1. The van der Waals surface area contributed by atoms with Crippen LogP contribution >= 0.6 is 0 Å². The van der Waals surface area contributed by atoms with E-state index in [1.54, 1.807) is 6.20 Å². The van der Waals surface area contributed by atoms with Crippen LogP contribution in [0.5, 0.6) is 0 Å². The van der Waals surface area contributed by atoms with Gasteiger partial charge in [0.2, 0.25) is 5.95 Å². The van der Waals surface area contributed by atoms with E-state index in [9.17, 15) is 0 Å². The molecule has 2 aromatic heterocycles. The van der Waals surface area contributed by atoms with E-state index in [0.717, 1.165) is 17.7 Å². The average Bonchev–Trinajstić information content (AvgIpc) is 2.73. The zero-order chi connectivity index (χ0) is 11.5. The molecule has 0 aliphatic rings. The summed E-state index contributed by atoms with van der Waals surface area (Å²) in [5.41, 5.74) is 3.09. The highest BCUT2D eigenvalue weighted by Gasteiger charge is 2.08. The molecule has 0 bridgehead atoms. The summed E-state index contributed by atoms with van der Waals surface area (Å²) >= 11 is 0. The molecule has 0 fully saturated rings. The van der Waals surface area contributed by atoms with Crippen molar-refractivity contribution < 1.29 is 0 Å². The number of nitrogens with zero attached hydrogens (tertiary/aromatic N) is 3. The highest BCUT2D eigenvalue weighted by molar-refractivity contribution is 5.86. The molecule has 7 nitrogen and oxygen atoms in total. The molecule has 0 saturated carbocycles. The van der Waals surface area contributed by atoms with E-state index in [4.69, 9.17) is 5.84 Å². The molecular formula is C9H15N7. The lowest BCUT2D eigenvalue weighted by Crippen LogP contribution is -2.14. The zero-order valence-corrected chi connectivity index (χ0v) is 9.28. The summed E-state index contributed by atoms with van der Waals surface area (Å²) in [5, 5.41) is 10.8. The highest BCUT2D eigenvalue weighted by Crippen LogP contribution is 2.19. The van der Waals surface area contributed by atoms with Crippen molar-refractivity contribution >= 4 is 22.8 Å². The Morgan fingerprint density at radius 2 is 2.25 bits per heavy atom. The van der Waals surface area contributed by atoms with Gasteiger partial charge < -0.3 is 5.32 Å². The van der Waals surface area contributed by atoms with Crippen molar-refractivity contribution in [3.8, 4) is 0 Å². The third-order valence-electron chi connectivity index (χ3n) is 2.12. The van der Waals surface area contributed by atoms with Crippen LogP contribution in [0.4, 0.5) is 11.8 Å². The number of rotatable bonds is 4. The maximum Gasteiger partial charge on any atom is 0.241 e. The third-order valence-corrected chi connectivity index (χ3v) is 2.12. The van der Waals surface area contributed by atoms with Crippen molar-refractivity contribution in [1.29, 1.82) is 0 Å². The third kappa shape index (κ3) is 2.03. The van der Waals surface area contributed by atoms with Gasteiger partial charge in [-0.15, -0.1) is 0 Å². The van der Waals surface area contributed by atoms with Crippen LogP contribution in [0.2, 0.25) is 0 Å². The van der Waals surface area contributed by atoms with E-state index in [-0.39, 0.29) is 0 Å². The van der Waals surface area contributed by atoms with Crippen molar-refractivity contribution in [3.05, 3.63) is 6.20 Å². The molecule has 0 spiro atoms. The smallest absolute Gasteiger partial charge is 0.241 e. The van der Waals surface area contributed by atoms with E-state index >= 15 is 0 Å². The number of aromatic amines is 1. The average molecular weight is 221 g/mol. The summed E-state index contributed by atoms with van der Waals surface area (Å²) in [7, 11) is 0. The molecule has 86 valence electrons. The molecule has 0 saturated heterocycles. The lowest BCUT2D eigenvalue weighted by Gasteiger charge is -2.09. The van der Waals surface area contributed by atoms with Gasteiger partial charge in [-0.25, -0.2) is 5.84 Å². The molecule has 0 aliphatic carbocycles. The quantitative estimate of drug-likeness (QED) is 0.447. The number of nitrogens with one attached hydrogen (secondary N) is 3. The van der Waals surface area contributed by atoms with Crippen molar-refractivity contribution in [1.82, 2.24) is 20.2 Å². The van der Waals surface area contributed by atoms with E-state index in [0.29, 0.717) is 17.5 Å². The maximum atomic E-state index is 5.30. The molecule has 5 N–H and O–H groups in total. The Morgan fingerprint density at radius 1 is 1.44 bits per heavy atom. The molecular weight excluding hydrogens is 206 g/mol. The molecule has 0 atom stereocenters. The van der Waals surface area contributed by atoms with Crippen LogP contribution in [-0.2, 0) is 0 Å². The lowest BCUT2D eigenvalue weighted by atomic mass is 10.2. The molecule has 0 unspecified atom stereocenters. The molecule has 2 heterocycles. The molecule has 0 amide bonds. The van der Waals surface area contributed by atoms with E-state index < -0.39 is 0 Å². The van der Waals surface area contributed by atoms with Crippen LogP contribution in [0, 0.1) is 5.92 Å². The number of aromatic nitrogens is 4. The number of nitrogen functional groups attached to an aromatic ring is 1. The summed E-state index contributed by atoms with van der Waals surface area (Å²) in [4.78, 5) is 8.38. The number of nitrogens with two attached hydrogens (primary N) is 1. The van der Waals surface area contributed by atoms with E-state index in [1.165, 1.54) is 0 Å². The second kappa shape index (κ2) is 4.31. The second-order valence-corrected chi connectivity index (χ2v) is 3.95. The fourth-order valence-electron chi connectivity index (χ4n) is 1.33. The molecule has 2 aromatic rings. The van der Waals surface area contributed by atoms with Gasteiger partial charge >= 0.3 is 0 Å². The summed E-state index contributed by atoms with van der Waals surface area (Å²) in [5.74, 6) is 6.93. The molecule has 0 aliphatic heterocycles. The SMILES string of the molecule is CC(C)CNc1nc(NN)nc2[nH]ncc12. The first kappa shape index (κ1) is 10.6. The fraction of sp³-hybridized carbons (Fsp3) is 0.444. The predicted octanol–water partition coefficient (Wildman–Crippen LogP) is 0.706. The number of H-pyrrole nitrogens is 1. The summed E-state index contributed by atoms with van der Waals surface area (Å²) < 4.78 is 0. The molecule has 16 heavy (non-hydrogen) atoms.